The van der Waals surface area contributed by atoms with E-state index in [4.69, 9.17) is 9.47 Å². The summed E-state index contributed by atoms with van der Waals surface area (Å²) in [6, 6.07) is 0. The van der Waals surface area contributed by atoms with Gasteiger partial charge >= 0.3 is 0 Å². The lowest BCUT2D eigenvalue weighted by Crippen LogP contribution is -2.21. The number of carbonyl (C=O) groups is 2. The third-order valence-electron chi connectivity index (χ3n) is 5.87. The Morgan fingerprint density at radius 3 is 1.74 bits per heavy atom. The Morgan fingerprint density at radius 1 is 0.710 bits per heavy atom. The molecule has 4 heteroatoms. The highest BCUT2D eigenvalue weighted by Gasteiger charge is 2.29. The lowest BCUT2D eigenvalue weighted by molar-refractivity contribution is -0.120. The van der Waals surface area contributed by atoms with Gasteiger partial charge in [-0.05, 0) is 32.1 Å². The van der Waals surface area contributed by atoms with Gasteiger partial charge in [0.2, 0.25) is 11.6 Å². The smallest absolute Gasteiger partial charge is 0.227 e. The lowest BCUT2D eigenvalue weighted by atomic mass is 9.94. The van der Waals surface area contributed by atoms with Crippen LogP contribution in [0.2, 0.25) is 0 Å². The molecule has 0 aromatic rings. The third-order valence-corrected chi connectivity index (χ3v) is 5.87. The number of hydrogen-bond acceptors (Lipinski definition) is 4. The second-order valence-corrected chi connectivity index (χ2v) is 8.46. The van der Waals surface area contributed by atoms with Crippen molar-refractivity contribution in [3.63, 3.8) is 0 Å². The zero-order valence-corrected chi connectivity index (χ0v) is 20.2. The van der Waals surface area contributed by atoms with Crippen LogP contribution in [0.4, 0.5) is 0 Å². The minimum Gasteiger partial charge on any atom is -0.493 e. The van der Waals surface area contributed by atoms with E-state index >= 15 is 0 Å². The minimum absolute atomic E-state index is 0.115. The van der Waals surface area contributed by atoms with E-state index in [1.807, 2.05) is 0 Å². The summed E-state index contributed by atoms with van der Waals surface area (Å²) in [7, 11) is 2.86. The number of ether oxygens (including phenoxy) is 2. The molecule has 0 saturated heterocycles. The van der Waals surface area contributed by atoms with Crippen LogP contribution in [0.5, 0.6) is 0 Å². The predicted molar refractivity (Wildman–Crippen MR) is 128 cm³/mol. The maximum Gasteiger partial charge on any atom is 0.227 e. The van der Waals surface area contributed by atoms with Crippen LogP contribution in [-0.2, 0) is 19.1 Å². The minimum atomic E-state index is -0.280. The maximum atomic E-state index is 12.4. The van der Waals surface area contributed by atoms with Gasteiger partial charge in [0, 0.05) is 11.6 Å². The molecule has 0 fully saturated rings. The number of ketones is 2. The monoisotopic (exact) mass is 432 g/mol. The summed E-state index contributed by atoms with van der Waals surface area (Å²) in [4.78, 5) is 24.4. The van der Waals surface area contributed by atoms with Crippen LogP contribution in [0.15, 0.2) is 35.3 Å². The van der Waals surface area contributed by atoms with Crippen molar-refractivity contribution in [2.24, 2.45) is 0 Å². The molecule has 0 heterocycles. The molecular formula is C27H44O4. The highest BCUT2D eigenvalue weighted by Crippen LogP contribution is 2.25. The van der Waals surface area contributed by atoms with Crippen molar-refractivity contribution in [2.75, 3.05) is 14.2 Å². The molecule has 0 saturated carbocycles. The van der Waals surface area contributed by atoms with E-state index in [1.165, 1.54) is 104 Å². The molecule has 176 valence electrons. The third kappa shape index (κ3) is 11.4. The van der Waals surface area contributed by atoms with Crippen molar-refractivity contribution in [2.45, 2.75) is 110 Å². The predicted octanol–water partition coefficient (Wildman–Crippen LogP) is 7.39. The molecular weight excluding hydrogens is 388 g/mol. The molecule has 1 aliphatic carbocycles. The fraction of sp³-hybridized carbons (Fsp3) is 0.704. The van der Waals surface area contributed by atoms with Gasteiger partial charge in [-0.25, -0.2) is 0 Å². The Labute approximate surface area is 190 Å². The van der Waals surface area contributed by atoms with Crippen LogP contribution >= 0.6 is 0 Å². The number of carbonyl (C=O) groups excluding carboxylic acids is 2. The number of hydrogen-bond donors (Lipinski definition) is 0. The van der Waals surface area contributed by atoms with Crippen molar-refractivity contribution in [3.05, 3.63) is 35.3 Å². The largest absolute Gasteiger partial charge is 0.493 e. The normalized spacial score (nSPS) is 14.5. The summed E-state index contributed by atoms with van der Waals surface area (Å²) in [6.45, 7) is 2.24. The van der Waals surface area contributed by atoms with Gasteiger partial charge in [0.05, 0.1) is 14.2 Å². The summed E-state index contributed by atoms with van der Waals surface area (Å²) < 4.78 is 10.2. The van der Waals surface area contributed by atoms with Crippen molar-refractivity contribution >= 4 is 11.6 Å². The van der Waals surface area contributed by atoms with Crippen molar-refractivity contribution in [1.29, 1.82) is 0 Å². The van der Waals surface area contributed by atoms with Crippen LogP contribution in [0.1, 0.15) is 110 Å². The van der Waals surface area contributed by atoms with E-state index in [2.05, 4.69) is 19.1 Å². The molecule has 4 nitrogen and oxygen atoms in total. The molecule has 0 aromatic heterocycles. The van der Waals surface area contributed by atoms with Crippen LogP contribution in [0, 0.1) is 0 Å². The molecule has 0 unspecified atom stereocenters. The van der Waals surface area contributed by atoms with Gasteiger partial charge in [0.1, 0.15) is 0 Å². The van der Waals surface area contributed by atoms with E-state index in [0.717, 1.165) is 12.8 Å². The number of Topliss-reactive ketones (excluding diaryl/α,β-unsaturated/α-hetero) is 1. The molecule has 0 atom stereocenters. The van der Waals surface area contributed by atoms with Gasteiger partial charge in [-0.3, -0.25) is 9.59 Å². The fourth-order valence-corrected chi connectivity index (χ4v) is 3.97. The molecule has 0 N–H and O–H groups in total. The molecule has 0 radical (unpaired) electrons. The highest BCUT2D eigenvalue weighted by molar-refractivity contribution is 6.21. The zero-order chi connectivity index (χ0) is 22.7. The van der Waals surface area contributed by atoms with Gasteiger partial charge in [-0.1, -0.05) is 89.7 Å². The Kier molecular flexibility index (Phi) is 15.6. The molecule has 1 aliphatic rings. The van der Waals surface area contributed by atoms with Gasteiger partial charge in [0.25, 0.3) is 0 Å². The average molecular weight is 433 g/mol. The van der Waals surface area contributed by atoms with E-state index in [1.54, 1.807) is 0 Å². The Balaban J connectivity index is 2.00. The molecule has 0 aromatic carbocycles. The molecule has 31 heavy (non-hydrogen) atoms. The average Bonchev–Trinajstić information content (AvgIpc) is 2.77. The summed E-state index contributed by atoms with van der Waals surface area (Å²) in [6.07, 6.45) is 25.3. The second kappa shape index (κ2) is 17.8. The Bertz CT molecular complexity index is 613. The summed E-state index contributed by atoms with van der Waals surface area (Å²) >= 11 is 0. The summed E-state index contributed by atoms with van der Waals surface area (Å²) in [5, 5.41) is 0. The number of methoxy groups -OCH3 is 2. The first kappa shape index (κ1) is 27.2. The highest BCUT2D eigenvalue weighted by atomic mass is 16.5. The number of unbranched alkanes of at least 4 members (excludes halogenated alkanes) is 13. The second-order valence-electron chi connectivity index (χ2n) is 8.46. The van der Waals surface area contributed by atoms with Crippen LogP contribution < -0.4 is 0 Å². The van der Waals surface area contributed by atoms with Crippen LogP contribution in [0.25, 0.3) is 0 Å². The van der Waals surface area contributed by atoms with E-state index in [0.29, 0.717) is 12.0 Å². The molecule has 0 spiro atoms. The first-order valence-electron chi connectivity index (χ1n) is 12.4. The topological polar surface area (TPSA) is 52.6 Å². The SMILES string of the molecule is CCCC/C=C/CCCCCCCCCCCCCC1=C(OC)C(=O)C=C(OC)C1=O. The van der Waals surface area contributed by atoms with E-state index in [9.17, 15) is 9.59 Å². The lowest BCUT2D eigenvalue weighted by Gasteiger charge is -2.17. The maximum absolute atomic E-state index is 12.4. The van der Waals surface area contributed by atoms with Crippen molar-refractivity contribution in [3.8, 4) is 0 Å². The zero-order valence-electron chi connectivity index (χ0n) is 20.2. The van der Waals surface area contributed by atoms with Crippen molar-refractivity contribution < 1.29 is 19.1 Å². The molecule has 0 amide bonds. The van der Waals surface area contributed by atoms with Crippen molar-refractivity contribution in [1.82, 2.24) is 0 Å². The Morgan fingerprint density at radius 2 is 1.23 bits per heavy atom. The van der Waals surface area contributed by atoms with E-state index < -0.39 is 0 Å². The standard InChI is InChI=1S/C27H44O4/c1-4-5-6-7-8-9-10-11-12-13-14-15-16-17-18-19-20-21-23-26(29)25(30-2)22-24(28)27(23)31-3/h7-8,22H,4-6,9-21H2,1-3H3/b8-7+. The van der Waals surface area contributed by atoms with Crippen LogP contribution in [-0.4, -0.2) is 25.8 Å². The molecule has 1 rings (SSSR count). The van der Waals surface area contributed by atoms with Gasteiger partial charge in [0.15, 0.2) is 11.5 Å². The Hall–Kier alpha value is -1.84. The fourth-order valence-electron chi connectivity index (χ4n) is 3.97. The first-order valence-corrected chi connectivity index (χ1v) is 12.4. The van der Waals surface area contributed by atoms with E-state index in [-0.39, 0.29) is 23.1 Å². The molecule has 0 aliphatic heterocycles. The summed E-state index contributed by atoms with van der Waals surface area (Å²) in [5.74, 6) is -0.202. The van der Waals surface area contributed by atoms with Gasteiger partial charge < -0.3 is 9.47 Å². The van der Waals surface area contributed by atoms with Crippen LogP contribution in [0.3, 0.4) is 0 Å². The molecule has 0 bridgehead atoms. The quantitative estimate of drug-likeness (QED) is 0.121. The van der Waals surface area contributed by atoms with Gasteiger partial charge in [-0.2, -0.15) is 0 Å². The first-order chi connectivity index (χ1) is 15.2. The number of allylic oxidation sites excluding steroid dienone is 4. The number of rotatable bonds is 19. The van der Waals surface area contributed by atoms with Gasteiger partial charge in [-0.15, -0.1) is 0 Å². The summed E-state index contributed by atoms with van der Waals surface area (Å²) in [5.41, 5.74) is 0.461.